The third-order valence-electron chi connectivity index (χ3n) is 2.42. The summed E-state index contributed by atoms with van der Waals surface area (Å²) in [5.41, 5.74) is 2.58. The fourth-order valence-corrected chi connectivity index (χ4v) is 1.61. The highest BCUT2D eigenvalue weighted by Gasteiger charge is 2.04. The van der Waals surface area contributed by atoms with E-state index in [4.69, 9.17) is 4.74 Å². The van der Waals surface area contributed by atoms with Gasteiger partial charge in [-0.2, -0.15) is 0 Å². The van der Waals surface area contributed by atoms with Crippen LogP contribution in [0.5, 0.6) is 5.75 Å². The van der Waals surface area contributed by atoms with Crippen LogP contribution in [0.25, 0.3) is 16.9 Å². The minimum absolute atomic E-state index is 0.711. The van der Waals surface area contributed by atoms with Gasteiger partial charge in [0, 0.05) is 6.07 Å². The van der Waals surface area contributed by atoms with Crippen LogP contribution >= 0.6 is 0 Å². The Labute approximate surface area is 91.7 Å². The van der Waals surface area contributed by atoms with Crippen LogP contribution in [-0.4, -0.2) is 26.9 Å². The van der Waals surface area contributed by atoms with Gasteiger partial charge in [-0.15, -0.1) is 5.10 Å². The monoisotopic (exact) mass is 214 g/mol. The summed E-state index contributed by atoms with van der Waals surface area (Å²) in [7, 11) is 1.65. The van der Waals surface area contributed by atoms with Crippen molar-refractivity contribution in [2.45, 2.75) is 0 Å². The van der Waals surface area contributed by atoms with E-state index in [2.05, 4.69) is 15.1 Å². The molecule has 3 aromatic rings. The lowest BCUT2D eigenvalue weighted by atomic mass is 10.3. The second kappa shape index (κ2) is 3.37. The maximum absolute atomic E-state index is 5.17. The predicted octanol–water partition coefficient (Wildman–Crippen LogP) is 1.76. The summed E-state index contributed by atoms with van der Waals surface area (Å²) < 4.78 is 6.94. The Hall–Kier alpha value is -2.30. The first-order valence-electron chi connectivity index (χ1n) is 4.90. The SMILES string of the molecule is COc1cccc(-n2cc3[nH]cnc3n2)c1. The van der Waals surface area contributed by atoms with Crippen LogP contribution < -0.4 is 4.74 Å². The Morgan fingerprint density at radius 2 is 2.31 bits per heavy atom. The molecule has 2 heterocycles. The molecule has 1 N–H and O–H groups in total. The van der Waals surface area contributed by atoms with E-state index in [1.807, 2.05) is 30.5 Å². The fourth-order valence-electron chi connectivity index (χ4n) is 1.61. The van der Waals surface area contributed by atoms with Gasteiger partial charge in [0.25, 0.3) is 0 Å². The molecule has 0 spiro atoms. The Kier molecular flexibility index (Phi) is 1.89. The molecule has 0 aliphatic heterocycles. The summed E-state index contributed by atoms with van der Waals surface area (Å²) in [4.78, 5) is 7.10. The van der Waals surface area contributed by atoms with Crippen molar-refractivity contribution in [3.05, 3.63) is 36.8 Å². The quantitative estimate of drug-likeness (QED) is 0.707. The maximum Gasteiger partial charge on any atom is 0.199 e. The Bertz CT molecular complexity index is 597. The van der Waals surface area contributed by atoms with Gasteiger partial charge in [-0.25, -0.2) is 9.67 Å². The Morgan fingerprint density at radius 1 is 1.38 bits per heavy atom. The lowest BCUT2D eigenvalue weighted by Crippen LogP contribution is -1.95. The number of methoxy groups -OCH3 is 1. The average molecular weight is 214 g/mol. The first kappa shape index (κ1) is 8.96. The van der Waals surface area contributed by atoms with E-state index >= 15 is 0 Å². The molecular weight excluding hydrogens is 204 g/mol. The standard InChI is InChI=1S/C11H10N4O/c1-16-9-4-2-3-8(5-9)15-6-10-11(14-15)13-7-12-10/h2-7H,1H3,(H,12,13,14). The molecule has 80 valence electrons. The van der Waals surface area contributed by atoms with E-state index in [-0.39, 0.29) is 0 Å². The summed E-state index contributed by atoms with van der Waals surface area (Å²) in [5.74, 6) is 0.810. The number of benzene rings is 1. The first-order chi connectivity index (χ1) is 7.86. The molecule has 2 aromatic heterocycles. The zero-order valence-corrected chi connectivity index (χ0v) is 8.71. The lowest BCUT2D eigenvalue weighted by molar-refractivity contribution is 0.414. The molecule has 16 heavy (non-hydrogen) atoms. The molecule has 0 fully saturated rings. The van der Waals surface area contributed by atoms with Gasteiger partial charge in [-0.05, 0) is 12.1 Å². The van der Waals surface area contributed by atoms with E-state index in [9.17, 15) is 0 Å². The van der Waals surface area contributed by atoms with Crippen molar-refractivity contribution in [3.63, 3.8) is 0 Å². The van der Waals surface area contributed by atoms with Crippen LogP contribution in [0, 0.1) is 0 Å². The van der Waals surface area contributed by atoms with Gasteiger partial charge >= 0.3 is 0 Å². The van der Waals surface area contributed by atoms with Crippen molar-refractivity contribution in [2.24, 2.45) is 0 Å². The van der Waals surface area contributed by atoms with Crippen molar-refractivity contribution in [3.8, 4) is 11.4 Å². The molecule has 0 saturated heterocycles. The number of nitrogens with zero attached hydrogens (tertiary/aromatic N) is 3. The Balaban J connectivity index is 2.11. The molecule has 3 rings (SSSR count). The van der Waals surface area contributed by atoms with Crippen LogP contribution in [0.3, 0.4) is 0 Å². The number of hydrogen-bond donors (Lipinski definition) is 1. The van der Waals surface area contributed by atoms with Gasteiger partial charge in [-0.3, -0.25) is 0 Å². The zero-order chi connectivity index (χ0) is 11.0. The third-order valence-corrected chi connectivity index (χ3v) is 2.42. The van der Waals surface area contributed by atoms with Crippen LogP contribution in [0.15, 0.2) is 36.8 Å². The molecule has 0 bridgehead atoms. The Morgan fingerprint density at radius 3 is 3.12 bits per heavy atom. The number of ether oxygens (including phenoxy) is 1. The summed E-state index contributed by atoms with van der Waals surface area (Å²) in [6.07, 6.45) is 3.53. The summed E-state index contributed by atoms with van der Waals surface area (Å²) in [6, 6.07) is 7.72. The van der Waals surface area contributed by atoms with Crippen molar-refractivity contribution in [2.75, 3.05) is 7.11 Å². The second-order valence-electron chi connectivity index (χ2n) is 3.41. The molecule has 0 aliphatic carbocycles. The van der Waals surface area contributed by atoms with Crippen LogP contribution in [0.4, 0.5) is 0 Å². The van der Waals surface area contributed by atoms with Gasteiger partial charge < -0.3 is 9.72 Å². The summed E-state index contributed by atoms with van der Waals surface area (Å²) in [5, 5.41) is 4.34. The number of rotatable bonds is 2. The molecule has 0 radical (unpaired) electrons. The van der Waals surface area contributed by atoms with Crippen molar-refractivity contribution >= 4 is 11.2 Å². The number of H-pyrrole nitrogens is 1. The van der Waals surface area contributed by atoms with Gasteiger partial charge in [0.05, 0.1) is 25.3 Å². The number of imidazole rings is 1. The normalized spacial score (nSPS) is 10.8. The van der Waals surface area contributed by atoms with Crippen LogP contribution in [0.1, 0.15) is 0 Å². The van der Waals surface area contributed by atoms with Crippen LogP contribution in [-0.2, 0) is 0 Å². The smallest absolute Gasteiger partial charge is 0.199 e. The highest BCUT2D eigenvalue weighted by Crippen LogP contribution is 2.17. The third kappa shape index (κ3) is 1.33. The summed E-state index contributed by atoms with van der Waals surface area (Å²) >= 11 is 0. The van der Waals surface area contributed by atoms with Gasteiger partial charge in [-0.1, -0.05) is 6.07 Å². The number of aromatic nitrogens is 4. The van der Waals surface area contributed by atoms with Gasteiger partial charge in [0.1, 0.15) is 11.3 Å². The molecular formula is C11H10N4O. The second-order valence-corrected chi connectivity index (χ2v) is 3.41. The minimum atomic E-state index is 0.711. The van der Waals surface area contributed by atoms with E-state index < -0.39 is 0 Å². The van der Waals surface area contributed by atoms with Crippen molar-refractivity contribution in [1.29, 1.82) is 0 Å². The molecule has 1 aromatic carbocycles. The number of hydrogen-bond acceptors (Lipinski definition) is 3. The molecule has 0 saturated carbocycles. The predicted molar refractivity (Wildman–Crippen MR) is 59.8 cm³/mol. The molecule has 0 unspecified atom stereocenters. The summed E-state index contributed by atoms with van der Waals surface area (Å²) in [6.45, 7) is 0. The molecule has 0 atom stereocenters. The molecule has 0 amide bonds. The highest BCUT2D eigenvalue weighted by atomic mass is 16.5. The zero-order valence-electron chi connectivity index (χ0n) is 8.71. The average Bonchev–Trinajstić information content (AvgIpc) is 2.89. The van der Waals surface area contributed by atoms with E-state index in [0.29, 0.717) is 5.65 Å². The maximum atomic E-state index is 5.17. The van der Waals surface area contributed by atoms with E-state index in [0.717, 1.165) is 17.0 Å². The lowest BCUT2D eigenvalue weighted by Gasteiger charge is -2.03. The fraction of sp³-hybridized carbons (Fsp3) is 0.0909. The van der Waals surface area contributed by atoms with Crippen molar-refractivity contribution in [1.82, 2.24) is 19.7 Å². The molecule has 5 nitrogen and oxygen atoms in total. The van der Waals surface area contributed by atoms with Gasteiger partial charge in [0.15, 0.2) is 5.65 Å². The molecule has 0 aliphatic rings. The number of fused-ring (bicyclic) bond motifs is 1. The largest absolute Gasteiger partial charge is 0.497 e. The van der Waals surface area contributed by atoms with Crippen LogP contribution in [0.2, 0.25) is 0 Å². The number of nitrogens with one attached hydrogen (secondary N) is 1. The highest BCUT2D eigenvalue weighted by molar-refractivity contribution is 5.69. The number of aromatic amines is 1. The van der Waals surface area contributed by atoms with Gasteiger partial charge in [0.2, 0.25) is 0 Å². The topological polar surface area (TPSA) is 55.7 Å². The first-order valence-corrected chi connectivity index (χ1v) is 4.90. The van der Waals surface area contributed by atoms with E-state index in [1.165, 1.54) is 0 Å². The van der Waals surface area contributed by atoms with E-state index in [1.54, 1.807) is 18.1 Å². The van der Waals surface area contributed by atoms with Crippen molar-refractivity contribution < 1.29 is 4.74 Å². The molecule has 5 heteroatoms. The minimum Gasteiger partial charge on any atom is -0.497 e.